The van der Waals surface area contributed by atoms with Crippen LogP contribution in [0.4, 0.5) is 4.79 Å². The molecule has 0 aliphatic carbocycles. The zero-order valence-electron chi connectivity index (χ0n) is 14.4. The summed E-state index contributed by atoms with van der Waals surface area (Å²) in [6.07, 6.45) is 7.12. The van der Waals surface area contributed by atoms with Crippen molar-refractivity contribution in [3.63, 3.8) is 0 Å². The van der Waals surface area contributed by atoms with Gasteiger partial charge in [0.15, 0.2) is 0 Å². The summed E-state index contributed by atoms with van der Waals surface area (Å²) in [6.45, 7) is 10.4. The summed E-state index contributed by atoms with van der Waals surface area (Å²) < 4.78 is 0. The van der Waals surface area contributed by atoms with Crippen LogP contribution in [0.5, 0.6) is 0 Å². The molecule has 1 aliphatic rings. The molecule has 0 spiro atoms. The second kappa shape index (κ2) is 7.16. The zero-order valence-corrected chi connectivity index (χ0v) is 14.4. The van der Waals surface area contributed by atoms with Crippen molar-refractivity contribution < 1.29 is 4.79 Å². The summed E-state index contributed by atoms with van der Waals surface area (Å²) in [5.74, 6) is 0. The highest BCUT2D eigenvalue weighted by Crippen LogP contribution is 2.29. The summed E-state index contributed by atoms with van der Waals surface area (Å²) in [7, 11) is 0. The normalized spacial score (nSPS) is 18.7. The lowest BCUT2D eigenvalue weighted by atomic mass is 9.87. The average Bonchev–Trinajstić information content (AvgIpc) is 3.02. The highest BCUT2D eigenvalue weighted by molar-refractivity contribution is 5.74. The van der Waals surface area contributed by atoms with E-state index in [1.54, 1.807) is 0 Å². The third-order valence-electron chi connectivity index (χ3n) is 4.32. The number of nitrogens with zero attached hydrogens (tertiary/aromatic N) is 2. The molecule has 0 bridgehead atoms. The minimum atomic E-state index is 0.107. The van der Waals surface area contributed by atoms with Crippen LogP contribution in [-0.4, -0.2) is 40.3 Å². The van der Waals surface area contributed by atoms with Gasteiger partial charge in [0.2, 0.25) is 0 Å². The second-order valence-corrected chi connectivity index (χ2v) is 7.61. The maximum absolute atomic E-state index is 12.4. The van der Waals surface area contributed by atoms with Gasteiger partial charge in [0.1, 0.15) is 0 Å². The lowest BCUT2D eigenvalue weighted by Gasteiger charge is -2.30. The van der Waals surface area contributed by atoms with Gasteiger partial charge in [0, 0.05) is 24.8 Å². The van der Waals surface area contributed by atoms with Crippen molar-refractivity contribution in [3.05, 3.63) is 17.5 Å². The number of likely N-dealkylation sites (tertiary alicyclic amines) is 1. The Bertz CT molecular complexity index is 489. The number of hydrogen-bond acceptors (Lipinski definition) is 2. The average molecular weight is 306 g/mol. The van der Waals surface area contributed by atoms with Gasteiger partial charge >= 0.3 is 6.03 Å². The molecule has 2 N–H and O–H groups in total. The molecule has 5 nitrogen and oxygen atoms in total. The number of aryl methyl sites for hydroxylation is 2. The van der Waals surface area contributed by atoms with Crippen LogP contribution in [0.25, 0.3) is 0 Å². The molecule has 2 amide bonds. The SMILES string of the molecule is Cc1[nH]ncc1CCCNC(=O)N1CCC[C@@H]1CC(C)(C)C. The number of aromatic nitrogens is 2. The van der Waals surface area contributed by atoms with Crippen molar-refractivity contribution >= 4 is 6.03 Å². The van der Waals surface area contributed by atoms with Crippen molar-refractivity contribution in [2.75, 3.05) is 13.1 Å². The Hall–Kier alpha value is -1.52. The predicted molar refractivity (Wildman–Crippen MR) is 88.8 cm³/mol. The minimum Gasteiger partial charge on any atom is -0.338 e. The molecule has 124 valence electrons. The van der Waals surface area contributed by atoms with Crippen LogP contribution in [0.3, 0.4) is 0 Å². The van der Waals surface area contributed by atoms with Gasteiger partial charge in [-0.2, -0.15) is 5.10 Å². The number of urea groups is 1. The van der Waals surface area contributed by atoms with Crippen LogP contribution in [0.2, 0.25) is 0 Å². The highest BCUT2D eigenvalue weighted by atomic mass is 16.2. The number of amides is 2. The van der Waals surface area contributed by atoms with E-state index in [4.69, 9.17) is 0 Å². The Labute approximate surface area is 133 Å². The standard InChI is InChI=1S/C17H30N4O/c1-13-14(12-19-20-13)7-5-9-18-16(22)21-10-6-8-15(21)11-17(2,3)4/h12,15H,5-11H2,1-4H3,(H,18,22)(H,19,20)/t15-/m1/s1. The maximum Gasteiger partial charge on any atom is 0.317 e. The fraction of sp³-hybridized carbons (Fsp3) is 0.765. The lowest BCUT2D eigenvalue weighted by molar-refractivity contribution is 0.174. The first-order valence-electron chi connectivity index (χ1n) is 8.40. The molecule has 1 fully saturated rings. The molecular formula is C17H30N4O. The van der Waals surface area contributed by atoms with E-state index in [1.165, 1.54) is 5.56 Å². The van der Waals surface area contributed by atoms with Crippen LogP contribution < -0.4 is 5.32 Å². The first kappa shape index (κ1) is 16.8. The van der Waals surface area contributed by atoms with Gasteiger partial charge in [-0.05, 0) is 50.0 Å². The predicted octanol–water partition coefficient (Wildman–Crippen LogP) is 3.26. The summed E-state index contributed by atoms with van der Waals surface area (Å²) in [5.41, 5.74) is 2.63. The molecule has 1 aliphatic heterocycles. The summed E-state index contributed by atoms with van der Waals surface area (Å²) >= 11 is 0. The van der Waals surface area contributed by atoms with Crippen molar-refractivity contribution in [1.29, 1.82) is 0 Å². The number of carbonyl (C=O) groups excluding carboxylic acids is 1. The summed E-state index contributed by atoms with van der Waals surface area (Å²) in [6, 6.07) is 0.506. The third kappa shape index (κ3) is 4.75. The molecule has 2 rings (SSSR count). The van der Waals surface area contributed by atoms with E-state index in [0.29, 0.717) is 6.04 Å². The van der Waals surface area contributed by atoms with Gasteiger partial charge in [0.05, 0.1) is 6.20 Å². The van der Waals surface area contributed by atoms with Gasteiger partial charge in [0.25, 0.3) is 0 Å². The number of rotatable bonds is 5. The van der Waals surface area contributed by atoms with E-state index in [9.17, 15) is 4.79 Å². The number of H-pyrrole nitrogens is 1. The van der Waals surface area contributed by atoms with Gasteiger partial charge in [-0.1, -0.05) is 20.8 Å². The first-order chi connectivity index (χ1) is 10.4. The zero-order chi connectivity index (χ0) is 16.2. The molecule has 1 aromatic heterocycles. The van der Waals surface area contributed by atoms with Crippen molar-refractivity contribution in [2.24, 2.45) is 5.41 Å². The van der Waals surface area contributed by atoms with Crippen molar-refractivity contribution in [3.8, 4) is 0 Å². The smallest absolute Gasteiger partial charge is 0.317 e. The van der Waals surface area contributed by atoms with Crippen LogP contribution in [0.15, 0.2) is 6.20 Å². The van der Waals surface area contributed by atoms with Crippen molar-refractivity contribution in [1.82, 2.24) is 20.4 Å². The number of nitrogens with one attached hydrogen (secondary N) is 2. The second-order valence-electron chi connectivity index (χ2n) is 7.61. The van der Waals surface area contributed by atoms with E-state index in [1.807, 2.05) is 18.0 Å². The third-order valence-corrected chi connectivity index (χ3v) is 4.32. The van der Waals surface area contributed by atoms with Crippen LogP contribution in [0.1, 0.15) is 57.7 Å². The van der Waals surface area contributed by atoms with E-state index < -0.39 is 0 Å². The van der Waals surface area contributed by atoms with E-state index >= 15 is 0 Å². The Kier molecular flexibility index (Phi) is 5.48. The fourth-order valence-corrected chi connectivity index (χ4v) is 3.23. The number of aromatic amines is 1. The Balaban J connectivity index is 1.73. The first-order valence-corrected chi connectivity index (χ1v) is 8.40. The highest BCUT2D eigenvalue weighted by Gasteiger charge is 2.31. The van der Waals surface area contributed by atoms with E-state index in [0.717, 1.165) is 50.9 Å². The summed E-state index contributed by atoms with van der Waals surface area (Å²) in [5, 5.41) is 10.0. The van der Waals surface area contributed by atoms with E-state index in [2.05, 4.69) is 36.3 Å². The van der Waals surface area contributed by atoms with Gasteiger partial charge < -0.3 is 10.2 Å². The molecule has 2 heterocycles. The molecule has 1 saturated heterocycles. The molecule has 0 unspecified atom stereocenters. The molecule has 22 heavy (non-hydrogen) atoms. The van der Waals surface area contributed by atoms with Gasteiger partial charge in [-0.3, -0.25) is 5.10 Å². The molecule has 1 atom stereocenters. The monoisotopic (exact) mass is 306 g/mol. The molecule has 1 aromatic rings. The van der Waals surface area contributed by atoms with Crippen molar-refractivity contribution in [2.45, 2.75) is 65.8 Å². The fourth-order valence-electron chi connectivity index (χ4n) is 3.23. The Morgan fingerprint density at radius 3 is 2.91 bits per heavy atom. The van der Waals surface area contributed by atoms with Crippen LogP contribution in [-0.2, 0) is 6.42 Å². The Morgan fingerprint density at radius 2 is 2.27 bits per heavy atom. The van der Waals surface area contributed by atoms with Gasteiger partial charge in [-0.25, -0.2) is 4.79 Å². The summed E-state index contributed by atoms with van der Waals surface area (Å²) in [4.78, 5) is 14.4. The maximum atomic E-state index is 12.4. The molecular weight excluding hydrogens is 276 g/mol. The molecule has 0 aromatic carbocycles. The lowest BCUT2D eigenvalue weighted by Crippen LogP contribution is -2.44. The Morgan fingerprint density at radius 1 is 1.50 bits per heavy atom. The topological polar surface area (TPSA) is 61.0 Å². The van der Waals surface area contributed by atoms with Crippen LogP contribution in [0, 0.1) is 12.3 Å². The van der Waals surface area contributed by atoms with Gasteiger partial charge in [-0.15, -0.1) is 0 Å². The molecule has 0 saturated carbocycles. The minimum absolute atomic E-state index is 0.107. The van der Waals surface area contributed by atoms with E-state index in [-0.39, 0.29) is 11.4 Å². The number of hydrogen-bond donors (Lipinski definition) is 2. The van der Waals surface area contributed by atoms with Crippen LogP contribution >= 0.6 is 0 Å². The number of carbonyl (C=O) groups is 1. The molecule has 0 radical (unpaired) electrons. The molecule has 5 heteroatoms. The quantitative estimate of drug-likeness (QED) is 0.820. The largest absolute Gasteiger partial charge is 0.338 e.